The molecule has 1 rings (SSSR count). The van der Waals surface area contributed by atoms with E-state index >= 15 is 0 Å². The molecule has 0 spiro atoms. The summed E-state index contributed by atoms with van der Waals surface area (Å²) in [5, 5.41) is 6.40. The molecule has 0 saturated carbocycles. The zero-order valence-electron chi connectivity index (χ0n) is 11.2. The number of nitrogens with zero attached hydrogens (tertiary/aromatic N) is 2. The first-order valence-corrected chi connectivity index (χ1v) is 5.89. The highest BCUT2D eigenvalue weighted by Crippen LogP contribution is 2.27. The molecule has 1 atom stereocenters. The molecule has 1 unspecified atom stereocenters. The molecule has 1 heterocycles. The third-order valence-corrected chi connectivity index (χ3v) is 2.66. The van der Waals surface area contributed by atoms with E-state index in [4.69, 9.17) is 4.74 Å². The molecule has 5 heteroatoms. The lowest BCUT2D eigenvalue weighted by atomic mass is 10.0. The van der Waals surface area contributed by atoms with E-state index in [0.29, 0.717) is 5.92 Å². The van der Waals surface area contributed by atoms with Gasteiger partial charge in [-0.3, -0.25) is 0 Å². The number of nitrogens with one attached hydrogen (secondary N) is 2. The molecule has 0 saturated heterocycles. The summed E-state index contributed by atoms with van der Waals surface area (Å²) < 4.78 is 5.21. The largest absolute Gasteiger partial charge is 0.380 e. The fourth-order valence-electron chi connectivity index (χ4n) is 1.61. The van der Waals surface area contributed by atoms with E-state index in [1.54, 1.807) is 13.4 Å². The zero-order valence-corrected chi connectivity index (χ0v) is 11.2. The summed E-state index contributed by atoms with van der Waals surface area (Å²) in [5.41, 5.74) is 1.11. The van der Waals surface area contributed by atoms with Crippen molar-refractivity contribution in [1.29, 1.82) is 0 Å². The molecule has 5 nitrogen and oxygen atoms in total. The van der Waals surface area contributed by atoms with Crippen LogP contribution in [0.1, 0.15) is 32.3 Å². The minimum absolute atomic E-state index is 0.156. The van der Waals surface area contributed by atoms with E-state index < -0.39 is 0 Å². The Morgan fingerprint density at radius 1 is 1.24 bits per heavy atom. The molecule has 17 heavy (non-hydrogen) atoms. The molecule has 2 N–H and O–H groups in total. The van der Waals surface area contributed by atoms with Gasteiger partial charge in [-0.15, -0.1) is 0 Å². The Kier molecular flexibility index (Phi) is 5.15. The number of anilines is 2. The maximum atomic E-state index is 5.21. The van der Waals surface area contributed by atoms with Gasteiger partial charge in [0.25, 0.3) is 0 Å². The van der Waals surface area contributed by atoms with Crippen molar-refractivity contribution < 1.29 is 4.74 Å². The predicted octanol–water partition coefficient (Wildman–Crippen LogP) is 2.09. The van der Waals surface area contributed by atoms with Crippen LogP contribution in [0.2, 0.25) is 0 Å². The van der Waals surface area contributed by atoms with Crippen LogP contribution in [0.25, 0.3) is 0 Å². The average Bonchev–Trinajstić information content (AvgIpc) is 2.34. The van der Waals surface area contributed by atoms with Gasteiger partial charge < -0.3 is 15.4 Å². The Morgan fingerprint density at radius 3 is 2.41 bits per heavy atom. The molecular formula is C12H22N4O. The van der Waals surface area contributed by atoms with Gasteiger partial charge in [0.05, 0.1) is 6.10 Å². The molecule has 0 fully saturated rings. The van der Waals surface area contributed by atoms with Crippen molar-refractivity contribution in [3.8, 4) is 0 Å². The SMILES string of the molecule is CNc1ncnc(NCC(C)OC)c1C(C)C. The molecule has 0 aromatic carbocycles. The lowest BCUT2D eigenvalue weighted by Crippen LogP contribution is -2.20. The minimum atomic E-state index is 0.156. The van der Waals surface area contributed by atoms with Crippen LogP contribution in [0.5, 0.6) is 0 Å². The maximum absolute atomic E-state index is 5.21. The Bertz CT molecular complexity index is 354. The van der Waals surface area contributed by atoms with Crippen LogP contribution >= 0.6 is 0 Å². The van der Waals surface area contributed by atoms with Gasteiger partial charge >= 0.3 is 0 Å². The topological polar surface area (TPSA) is 59.1 Å². The number of hydrogen-bond acceptors (Lipinski definition) is 5. The summed E-state index contributed by atoms with van der Waals surface area (Å²) in [7, 11) is 3.57. The van der Waals surface area contributed by atoms with Crippen LogP contribution in [-0.4, -0.2) is 36.8 Å². The fourth-order valence-corrected chi connectivity index (χ4v) is 1.61. The van der Waals surface area contributed by atoms with Crippen molar-refractivity contribution in [2.75, 3.05) is 31.3 Å². The van der Waals surface area contributed by atoms with Crippen molar-refractivity contribution in [3.05, 3.63) is 11.9 Å². The molecule has 0 amide bonds. The lowest BCUT2D eigenvalue weighted by Gasteiger charge is -2.18. The van der Waals surface area contributed by atoms with Crippen molar-refractivity contribution in [2.24, 2.45) is 0 Å². The van der Waals surface area contributed by atoms with Gasteiger partial charge in [-0.25, -0.2) is 9.97 Å². The van der Waals surface area contributed by atoms with Crippen LogP contribution in [0.15, 0.2) is 6.33 Å². The number of methoxy groups -OCH3 is 1. The van der Waals surface area contributed by atoms with Crippen molar-refractivity contribution in [3.63, 3.8) is 0 Å². The molecule has 0 aliphatic heterocycles. The van der Waals surface area contributed by atoms with Gasteiger partial charge in [0, 0.05) is 26.3 Å². The van der Waals surface area contributed by atoms with E-state index in [1.807, 2.05) is 14.0 Å². The number of hydrogen-bond donors (Lipinski definition) is 2. The quantitative estimate of drug-likeness (QED) is 0.794. The highest BCUT2D eigenvalue weighted by atomic mass is 16.5. The summed E-state index contributed by atoms with van der Waals surface area (Å²) in [6, 6.07) is 0. The van der Waals surface area contributed by atoms with Crippen LogP contribution < -0.4 is 10.6 Å². The van der Waals surface area contributed by atoms with Gasteiger partial charge in [-0.1, -0.05) is 13.8 Å². The summed E-state index contributed by atoms with van der Waals surface area (Å²) >= 11 is 0. The van der Waals surface area contributed by atoms with Crippen molar-refractivity contribution in [2.45, 2.75) is 32.8 Å². The number of rotatable bonds is 6. The van der Waals surface area contributed by atoms with E-state index in [-0.39, 0.29) is 6.10 Å². The molecule has 0 aliphatic rings. The monoisotopic (exact) mass is 238 g/mol. The second-order valence-electron chi connectivity index (χ2n) is 4.32. The van der Waals surface area contributed by atoms with E-state index in [0.717, 1.165) is 23.7 Å². The van der Waals surface area contributed by atoms with Gasteiger partial charge in [-0.2, -0.15) is 0 Å². The third kappa shape index (κ3) is 3.56. The zero-order chi connectivity index (χ0) is 12.8. The standard InChI is InChI=1S/C12H22N4O/c1-8(2)10-11(13-4)15-7-16-12(10)14-6-9(3)17-5/h7-9H,6H2,1-5H3,(H2,13,14,15,16). The second kappa shape index (κ2) is 6.39. The molecule has 0 radical (unpaired) electrons. The van der Waals surface area contributed by atoms with Gasteiger partial charge in [-0.05, 0) is 12.8 Å². The minimum Gasteiger partial charge on any atom is -0.380 e. The Labute approximate surface area is 103 Å². The van der Waals surface area contributed by atoms with E-state index in [2.05, 4.69) is 34.4 Å². The number of ether oxygens (including phenoxy) is 1. The summed E-state index contributed by atoms with van der Waals surface area (Å²) in [5.74, 6) is 2.12. The first-order chi connectivity index (χ1) is 8.10. The van der Waals surface area contributed by atoms with E-state index in [9.17, 15) is 0 Å². The normalized spacial score (nSPS) is 12.6. The third-order valence-electron chi connectivity index (χ3n) is 2.66. The lowest BCUT2D eigenvalue weighted by molar-refractivity contribution is 0.128. The Morgan fingerprint density at radius 2 is 1.88 bits per heavy atom. The smallest absolute Gasteiger partial charge is 0.135 e. The summed E-state index contributed by atoms with van der Waals surface area (Å²) in [6.07, 6.45) is 1.72. The Balaban J connectivity index is 2.90. The van der Waals surface area contributed by atoms with Crippen LogP contribution in [0.4, 0.5) is 11.6 Å². The second-order valence-corrected chi connectivity index (χ2v) is 4.32. The molecule has 1 aromatic rings. The first kappa shape index (κ1) is 13.7. The molecule has 1 aromatic heterocycles. The van der Waals surface area contributed by atoms with Crippen LogP contribution in [0, 0.1) is 0 Å². The highest BCUT2D eigenvalue weighted by molar-refractivity contribution is 5.58. The van der Waals surface area contributed by atoms with Gasteiger partial charge in [0.1, 0.15) is 18.0 Å². The Hall–Kier alpha value is -1.36. The van der Waals surface area contributed by atoms with Crippen LogP contribution in [0.3, 0.4) is 0 Å². The van der Waals surface area contributed by atoms with Gasteiger partial charge in [0.2, 0.25) is 0 Å². The molecule has 96 valence electrons. The van der Waals surface area contributed by atoms with Crippen molar-refractivity contribution >= 4 is 11.6 Å². The van der Waals surface area contributed by atoms with E-state index in [1.165, 1.54) is 0 Å². The summed E-state index contributed by atoms with van der Waals surface area (Å²) in [6.45, 7) is 7.01. The average molecular weight is 238 g/mol. The summed E-state index contributed by atoms with van der Waals surface area (Å²) in [4.78, 5) is 8.53. The predicted molar refractivity (Wildman–Crippen MR) is 70.6 cm³/mol. The highest BCUT2D eigenvalue weighted by Gasteiger charge is 2.14. The maximum Gasteiger partial charge on any atom is 0.135 e. The van der Waals surface area contributed by atoms with Gasteiger partial charge in [0.15, 0.2) is 0 Å². The number of aromatic nitrogens is 2. The van der Waals surface area contributed by atoms with Crippen molar-refractivity contribution in [1.82, 2.24) is 9.97 Å². The fraction of sp³-hybridized carbons (Fsp3) is 0.667. The van der Waals surface area contributed by atoms with Crippen LogP contribution in [-0.2, 0) is 4.74 Å². The first-order valence-electron chi connectivity index (χ1n) is 5.89. The molecule has 0 bridgehead atoms. The molecular weight excluding hydrogens is 216 g/mol. The molecule has 0 aliphatic carbocycles.